The van der Waals surface area contributed by atoms with Gasteiger partial charge in [-0.05, 0) is 55.2 Å². The lowest BCUT2D eigenvalue weighted by molar-refractivity contribution is 0.0954. The standard InChI is InChI=1S/C19H20Cl2N2O3S/c20-15-5-3-4-14(12-15)8-9-22-19(24)17-13-16(6-7-18(17)21)27(25,26)23-10-1-2-11-23/h3-7,12-13H,1-2,8-11H2,(H,22,24). The van der Waals surface area contributed by atoms with Crippen LogP contribution in [0, 0.1) is 0 Å². The van der Waals surface area contributed by atoms with Gasteiger partial charge in [0, 0.05) is 24.7 Å². The third kappa shape index (κ3) is 4.82. The fourth-order valence-corrected chi connectivity index (χ4v) is 4.98. The predicted molar refractivity (Wildman–Crippen MR) is 107 cm³/mol. The first-order valence-electron chi connectivity index (χ1n) is 8.70. The summed E-state index contributed by atoms with van der Waals surface area (Å²) in [4.78, 5) is 12.6. The summed E-state index contributed by atoms with van der Waals surface area (Å²) >= 11 is 12.1. The van der Waals surface area contributed by atoms with Gasteiger partial charge in [0.25, 0.3) is 5.91 Å². The first-order chi connectivity index (χ1) is 12.9. The fraction of sp³-hybridized carbons (Fsp3) is 0.316. The number of hydrogen-bond donors (Lipinski definition) is 1. The molecule has 27 heavy (non-hydrogen) atoms. The second-order valence-corrected chi connectivity index (χ2v) is 9.17. The maximum Gasteiger partial charge on any atom is 0.252 e. The third-order valence-electron chi connectivity index (χ3n) is 4.47. The Hall–Kier alpha value is -1.60. The van der Waals surface area contributed by atoms with Crippen LogP contribution >= 0.6 is 23.2 Å². The molecule has 0 bridgehead atoms. The minimum atomic E-state index is -3.60. The van der Waals surface area contributed by atoms with Crippen molar-refractivity contribution >= 4 is 39.1 Å². The van der Waals surface area contributed by atoms with Gasteiger partial charge in [0.15, 0.2) is 0 Å². The van der Waals surface area contributed by atoms with Gasteiger partial charge >= 0.3 is 0 Å². The van der Waals surface area contributed by atoms with E-state index < -0.39 is 15.9 Å². The number of halogens is 2. The summed E-state index contributed by atoms with van der Waals surface area (Å²) < 4.78 is 26.8. The van der Waals surface area contributed by atoms with E-state index in [4.69, 9.17) is 23.2 Å². The number of nitrogens with one attached hydrogen (secondary N) is 1. The highest BCUT2D eigenvalue weighted by Crippen LogP contribution is 2.25. The minimum absolute atomic E-state index is 0.0915. The van der Waals surface area contributed by atoms with E-state index in [-0.39, 0.29) is 15.5 Å². The summed E-state index contributed by atoms with van der Waals surface area (Å²) in [6.07, 6.45) is 2.31. The molecule has 1 aliphatic rings. The van der Waals surface area contributed by atoms with Crippen LogP contribution < -0.4 is 5.32 Å². The minimum Gasteiger partial charge on any atom is -0.352 e. The SMILES string of the molecule is O=C(NCCc1cccc(Cl)c1)c1cc(S(=O)(=O)N2CCCC2)ccc1Cl. The van der Waals surface area contributed by atoms with E-state index in [0.717, 1.165) is 18.4 Å². The van der Waals surface area contributed by atoms with Gasteiger partial charge in [-0.15, -0.1) is 0 Å². The number of carbonyl (C=O) groups is 1. The summed E-state index contributed by atoms with van der Waals surface area (Å²) in [7, 11) is -3.60. The molecular weight excluding hydrogens is 407 g/mol. The van der Waals surface area contributed by atoms with Gasteiger partial charge in [-0.25, -0.2) is 8.42 Å². The molecule has 0 radical (unpaired) electrons. The first kappa shape index (κ1) is 20.1. The van der Waals surface area contributed by atoms with E-state index >= 15 is 0 Å². The van der Waals surface area contributed by atoms with Crippen LogP contribution in [0.1, 0.15) is 28.8 Å². The van der Waals surface area contributed by atoms with Gasteiger partial charge in [-0.3, -0.25) is 4.79 Å². The lowest BCUT2D eigenvalue weighted by Gasteiger charge is -2.16. The molecule has 2 aromatic carbocycles. The number of rotatable bonds is 6. The van der Waals surface area contributed by atoms with Crippen LogP contribution in [0.25, 0.3) is 0 Å². The van der Waals surface area contributed by atoms with Crippen LogP contribution in [0.4, 0.5) is 0 Å². The Balaban J connectivity index is 1.71. The molecule has 0 atom stereocenters. The molecule has 5 nitrogen and oxygen atoms in total. The largest absolute Gasteiger partial charge is 0.352 e. The van der Waals surface area contributed by atoms with Crippen molar-refractivity contribution in [2.45, 2.75) is 24.2 Å². The van der Waals surface area contributed by atoms with Crippen molar-refractivity contribution < 1.29 is 13.2 Å². The zero-order valence-corrected chi connectivity index (χ0v) is 16.9. The lowest BCUT2D eigenvalue weighted by atomic mass is 10.1. The zero-order valence-electron chi connectivity index (χ0n) is 14.6. The zero-order chi connectivity index (χ0) is 19.4. The second kappa shape index (κ2) is 8.61. The van der Waals surface area contributed by atoms with E-state index in [1.54, 1.807) is 6.07 Å². The van der Waals surface area contributed by atoms with Crippen LogP contribution in [0.2, 0.25) is 10.0 Å². The van der Waals surface area contributed by atoms with Crippen molar-refractivity contribution in [2.75, 3.05) is 19.6 Å². The summed E-state index contributed by atoms with van der Waals surface area (Å²) in [6.45, 7) is 1.40. The Morgan fingerprint density at radius 1 is 1.07 bits per heavy atom. The van der Waals surface area contributed by atoms with Crippen LogP contribution in [0.15, 0.2) is 47.4 Å². The van der Waals surface area contributed by atoms with Crippen molar-refractivity contribution in [3.05, 3.63) is 63.6 Å². The highest BCUT2D eigenvalue weighted by atomic mass is 35.5. The molecule has 0 aromatic heterocycles. The topological polar surface area (TPSA) is 66.5 Å². The molecule has 0 aliphatic carbocycles. The first-order valence-corrected chi connectivity index (χ1v) is 10.9. The van der Waals surface area contributed by atoms with E-state index in [1.807, 2.05) is 18.2 Å². The highest BCUT2D eigenvalue weighted by Gasteiger charge is 2.28. The van der Waals surface area contributed by atoms with Crippen molar-refractivity contribution in [1.29, 1.82) is 0 Å². The highest BCUT2D eigenvalue weighted by molar-refractivity contribution is 7.89. The number of carbonyl (C=O) groups excluding carboxylic acids is 1. The molecule has 1 N–H and O–H groups in total. The average molecular weight is 427 g/mol. The Kier molecular flexibility index (Phi) is 6.42. The number of benzene rings is 2. The van der Waals surface area contributed by atoms with Crippen LogP contribution in [0.3, 0.4) is 0 Å². The van der Waals surface area contributed by atoms with Crippen molar-refractivity contribution in [2.24, 2.45) is 0 Å². The summed E-state index contributed by atoms with van der Waals surface area (Å²) in [6, 6.07) is 11.6. The average Bonchev–Trinajstić information content (AvgIpc) is 3.17. The molecule has 1 fully saturated rings. The summed E-state index contributed by atoms with van der Waals surface area (Å²) in [5.74, 6) is -0.402. The van der Waals surface area contributed by atoms with Gasteiger partial charge in [0.2, 0.25) is 10.0 Å². The summed E-state index contributed by atoms with van der Waals surface area (Å²) in [5, 5.41) is 3.64. The second-order valence-electron chi connectivity index (χ2n) is 6.39. The van der Waals surface area contributed by atoms with Crippen LogP contribution in [-0.4, -0.2) is 38.3 Å². The molecule has 2 aromatic rings. The van der Waals surface area contributed by atoms with E-state index in [0.29, 0.717) is 31.1 Å². The van der Waals surface area contributed by atoms with E-state index in [1.165, 1.54) is 22.5 Å². The fourth-order valence-electron chi connectivity index (χ4n) is 3.02. The van der Waals surface area contributed by atoms with Gasteiger partial charge in [-0.1, -0.05) is 35.3 Å². The molecule has 3 rings (SSSR count). The van der Waals surface area contributed by atoms with Gasteiger partial charge < -0.3 is 5.32 Å². The van der Waals surface area contributed by atoms with Crippen LogP contribution in [-0.2, 0) is 16.4 Å². The maximum absolute atomic E-state index is 12.7. The summed E-state index contributed by atoms with van der Waals surface area (Å²) in [5.41, 5.74) is 1.15. The Labute approximate surface area is 169 Å². The lowest BCUT2D eigenvalue weighted by Crippen LogP contribution is -2.29. The quantitative estimate of drug-likeness (QED) is 0.764. The predicted octanol–water partition coefficient (Wildman–Crippen LogP) is 3.75. The molecule has 0 spiro atoms. The molecule has 0 saturated carbocycles. The maximum atomic E-state index is 12.7. The van der Waals surface area contributed by atoms with Crippen molar-refractivity contribution in [3.63, 3.8) is 0 Å². The van der Waals surface area contributed by atoms with Gasteiger partial charge in [0.05, 0.1) is 15.5 Å². The third-order valence-corrected chi connectivity index (χ3v) is 6.93. The monoisotopic (exact) mass is 426 g/mol. The number of hydrogen-bond acceptors (Lipinski definition) is 3. The molecule has 1 heterocycles. The number of sulfonamides is 1. The number of nitrogens with zero attached hydrogens (tertiary/aromatic N) is 1. The van der Waals surface area contributed by atoms with Crippen molar-refractivity contribution in [3.8, 4) is 0 Å². The van der Waals surface area contributed by atoms with Crippen molar-refractivity contribution in [1.82, 2.24) is 9.62 Å². The Bertz CT molecular complexity index is 942. The van der Waals surface area contributed by atoms with E-state index in [9.17, 15) is 13.2 Å². The molecule has 1 amide bonds. The normalized spacial score (nSPS) is 15.0. The van der Waals surface area contributed by atoms with Gasteiger partial charge in [0.1, 0.15) is 0 Å². The molecule has 1 saturated heterocycles. The Morgan fingerprint density at radius 2 is 1.81 bits per heavy atom. The molecule has 144 valence electrons. The van der Waals surface area contributed by atoms with Crippen LogP contribution in [0.5, 0.6) is 0 Å². The molecule has 0 unspecified atom stereocenters. The van der Waals surface area contributed by atoms with Gasteiger partial charge in [-0.2, -0.15) is 4.31 Å². The number of amides is 1. The molecule has 1 aliphatic heterocycles. The molecule has 8 heteroatoms. The smallest absolute Gasteiger partial charge is 0.252 e. The van der Waals surface area contributed by atoms with E-state index in [2.05, 4.69) is 5.32 Å². The molecular formula is C19H20Cl2N2O3S. The Morgan fingerprint density at radius 3 is 2.52 bits per heavy atom.